The largest absolute Gasteiger partial charge is 0.410 e. The Morgan fingerprint density at radius 3 is 2.67 bits per heavy atom. The van der Waals surface area contributed by atoms with Crippen molar-refractivity contribution < 1.29 is 7.86 Å². The summed E-state index contributed by atoms with van der Waals surface area (Å²) in [5.41, 5.74) is 11.5. The predicted octanol–water partition coefficient (Wildman–Crippen LogP) is 0.505. The molecular formula is C7H7IN2O2. The van der Waals surface area contributed by atoms with Gasteiger partial charge < -0.3 is 14.5 Å². The maximum absolute atomic E-state index is 10.8. The Morgan fingerprint density at radius 2 is 2.17 bits per heavy atom. The third-order valence-electron chi connectivity index (χ3n) is 1.43. The van der Waals surface area contributed by atoms with E-state index in [4.69, 9.17) is 14.5 Å². The van der Waals surface area contributed by atoms with Gasteiger partial charge in [0.2, 0.25) is 11.8 Å². The van der Waals surface area contributed by atoms with E-state index in [0.717, 1.165) is 0 Å². The van der Waals surface area contributed by atoms with Crippen LogP contribution < -0.4 is 11.5 Å². The molecule has 12 heavy (non-hydrogen) atoms. The monoisotopic (exact) mass is 278 g/mol. The number of halogens is 1. The first-order valence-electron chi connectivity index (χ1n) is 3.13. The number of carbonyl (C=O) groups is 1. The molecule has 4 N–H and O–H groups in total. The van der Waals surface area contributed by atoms with Crippen LogP contribution in [0.15, 0.2) is 35.3 Å². The average Bonchev–Trinajstić information content (AvgIpc) is 2.50. The van der Waals surface area contributed by atoms with Crippen LogP contribution in [0.25, 0.3) is 0 Å². The van der Waals surface area contributed by atoms with Crippen LogP contribution in [0.4, 0.5) is 0 Å². The second-order valence-corrected chi connectivity index (χ2v) is 2.60. The molecule has 1 amide bonds. The van der Waals surface area contributed by atoms with Crippen molar-refractivity contribution >= 4 is 28.9 Å². The van der Waals surface area contributed by atoms with Gasteiger partial charge in [0.15, 0.2) is 23.0 Å². The quantitative estimate of drug-likeness (QED) is 0.570. The van der Waals surface area contributed by atoms with Gasteiger partial charge in [-0.2, -0.15) is 0 Å². The number of rotatable bonds is 2. The van der Waals surface area contributed by atoms with Crippen molar-refractivity contribution in [1.82, 2.24) is 0 Å². The molecule has 0 aromatic heterocycles. The van der Waals surface area contributed by atoms with Crippen LogP contribution in [0.3, 0.4) is 0 Å². The molecule has 4 nitrogen and oxygen atoms in total. The van der Waals surface area contributed by atoms with Crippen molar-refractivity contribution in [3.63, 3.8) is 0 Å². The molecule has 0 atom stereocenters. The minimum Gasteiger partial charge on any atom is -0.410 e. The summed E-state index contributed by atoms with van der Waals surface area (Å²) in [5, 5.41) is 0. The molecular weight excluding hydrogens is 271 g/mol. The molecule has 0 unspecified atom stereocenters. The third kappa shape index (κ3) is 1.60. The molecule has 0 fully saturated rings. The number of nitrogens with two attached hydrogens (primary N) is 2. The molecule has 1 rings (SSSR count). The first kappa shape index (κ1) is 9.11. The molecule has 0 saturated carbocycles. The Labute approximate surface area is 83.6 Å². The summed E-state index contributed by atoms with van der Waals surface area (Å²) in [4.78, 5) is 10.8. The minimum atomic E-state index is -0.508. The van der Waals surface area contributed by atoms with Crippen LogP contribution in [0.1, 0.15) is 0 Å². The van der Waals surface area contributed by atoms with Gasteiger partial charge in [-0.15, -0.1) is 0 Å². The number of hydrogen-bond donors (Lipinski definition) is 2. The average molecular weight is 278 g/mol. The van der Waals surface area contributed by atoms with Gasteiger partial charge in [-0.3, -0.25) is 4.79 Å². The second-order valence-electron chi connectivity index (χ2n) is 2.16. The standard InChI is InChI=1S/C7H7IN2O2/c8-12-7(10)5-3-1-2-4(5)6(9)11/h1-3H,10H2,(H2,9,11)/b7-5-. The van der Waals surface area contributed by atoms with Crippen LogP contribution in [0.2, 0.25) is 0 Å². The van der Waals surface area contributed by atoms with Gasteiger partial charge >= 0.3 is 0 Å². The second kappa shape index (κ2) is 3.61. The van der Waals surface area contributed by atoms with Crippen molar-refractivity contribution in [3.05, 3.63) is 35.3 Å². The maximum Gasteiger partial charge on any atom is 0.249 e. The summed E-state index contributed by atoms with van der Waals surface area (Å²) in [6, 6.07) is 0. The Kier molecular flexibility index (Phi) is 2.74. The summed E-state index contributed by atoms with van der Waals surface area (Å²) >= 11 is 1.64. The summed E-state index contributed by atoms with van der Waals surface area (Å²) in [6.07, 6.45) is 4.96. The molecule has 0 aliphatic heterocycles. The minimum absolute atomic E-state index is 0.189. The smallest absolute Gasteiger partial charge is 0.249 e. The van der Waals surface area contributed by atoms with Crippen molar-refractivity contribution in [1.29, 1.82) is 0 Å². The van der Waals surface area contributed by atoms with E-state index >= 15 is 0 Å². The van der Waals surface area contributed by atoms with Crippen LogP contribution in [0.5, 0.6) is 0 Å². The van der Waals surface area contributed by atoms with E-state index in [1.54, 1.807) is 41.2 Å². The molecule has 0 aromatic rings. The highest BCUT2D eigenvalue weighted by Gasteiger charge is 2.16. The fraction of sp³-hybridized carbons (Fsp3) is 0. The molecule has 0 spiro atoms. The van der Waals surface area contributed by atoms with E-state index in [0.29, 0.717) is 11.1 Å². The zero-order valence-electron chi connectivity index (χ0n) is 6.08. The van der Waals surface area contributed by atoms with E-state index in [1.165, 1.54) is 0 Å². The number of primary amides is 1. The highest BCUT2D eigenvalue weighted by Crippen LogP contribution is 2.21. The Bertz CT molecular complexity index is 305. The lowest BCUT2D eigenvalue weighted by Crippen LogP contribution is -2.16. The van der Waals surface area contributed by atoms with E-state index in [1.807, 2.05) is 0 Å². The van der Waals surface area contributed by atoms with E-state index < -0.39 is 5.91 Å². The Hall–Kier alpha value is -0.980. The highest BCUT2D eigenvalue weighted by atomic mass is 127. The number of hydrogen-bond acceptors (Lipinski definition) is 3. The predicted molar refractivity (Wildman–Crippen MR) is 52.7 cm³/mol. The molecule has 64 valence electrons. The lowest BCUT2D eigenvalue weighted by molar-refractivity contribution is -0.114. The fourth-order valence-electron chi connectivity index (χ4n) is 0.891. The number of carbonyl (C=O) groups excluding carboxylic acids is 1. The number of amides is 1. The van der Waals surface area contributed by atoms with Crippen LogP contribution >= 0.6 is 23.0 Å². The van der Waals surface area contributed by atoms with Gasteiger partial charge in [0, 0.05) is 5.57 Å². The van der Waals surface area contributed by atoms with Crippen molar-refractivity contribution in [2.24, 2.45) is 11.5 Å². The lowest BCUT2D eigenvalue weighted by atomic mass is 10.1. The first-order chi connectivity index (χ1) is 5.66. The van der Waals surface area contributed by atoms with Gasteiger partial charge in [-0.1, -0.05) is 6.08 Å². The third-order valence-corrected chi connectivity index (χ3v) is 1.90. The van der Waals surface area contributed by atoms with Gasteiger partial charge in [-0.25, -0.2) is 0 Å². The lowest BCUT2D eigenvalue weighted by Gasteiger charge is -2.02. The van der Waals surface area contributed by atoms with E-state index in [2.05, 4.69) is 0 Å². The molecule has 1 aliphatic rings. The summed E-state index contributed by atoms with van der Waals surface area (Å²) < 4.78 is 4.74. The van der Waals surface area contributed by atoms with Gasteiger partial charge in [0.25, 0.3) is 0 Å². The summed E-state index contributed by atoms with van der Waals surface area (Å²) in [6.45, 7) is 0. The van der Waals surface area contributed by atoms with E-state index in [9.17, 15) is 4.79 Å². The first-order valence-corrected chi connectivity index (χ1v) is 4.01. The highest BCUT2D eigenvalue weighted by molar-refractivity contribution is 14.1. The Morgan fingerprint density at radius 1 is 1.50 bits per heavy atom. The Balaban J connectivity index is 3.03. The van der Waals surface area contributed by atoms with Gasteiger partial charge in [0.1, 0.15) is 0 Å². The van der Waals surface area contributed by atoms with Crippen molar-refractivity contribution in [2.75, 3.05) is 0 Å². The van der Waals surface area contributed by atoms with Crippen LogP contribution in [-0.2, 0) is 7.86 Å². The molecule has 0 radical (unpaired) electrons. The molecule has 1 aliphatic carbocycles. The molecule has 0 bridgehead atoms. The normalized spacial score (nSPS) is 18.9. The summed E-state index contributed by atoms with van der Waals surface area (Å²) in [5.74, 6) is -0.319. The molecule has 0 saturated heterocycles. The van der Waals surface area contributed by atoms with Crippen LogP contribution in [-0.4, -0.2) is 5.91 Å². The summed E-state index contributed by atoms with van der Waals surface area (Å²) in [7, 11) is 0. The topological polar surface area (TPSA) is 78.3 Å². The molecule has 0 heterocycles. The van der Waals surface area contributed by atoms with E-state index in [-0.39, 0.29) is 5.88 Å². The molecule has 0 aromatic carbocycles. The molecule has 5 heteroatoms. The van der Waals surface area contributed by atoms with Crippen molar-refractivity contribution in [2.45, 2.75) is 0 Å². The van der Waals surface area contributed by atoms with Gasteiger partial charge in [0.05, 0.1) is 5.57 Å². The SMILES string of the molecule is NC(=O)C1=CC=C/C1=C(\N)OI. The van der Waals surface area contributed by atoms with Crippen LogP contribution in [0, 0.1) is 0 Å². The fourth-order valence-corrected chi connectivity index (χ4v) is 1.13. The number of allylic oxidation sites excluding steroid dienone is 3. The maximum atomic E-state index is 10.8. The zero-order chi connectivity index (χ0) is 9.14. The van der Waals surface area contributed by atoms with Gasteiger partial charge in [-0.05, 0) is 12.2 Å². The van der Waals surface area contributed by atoms with Crippen molar-refractivity contribution in [3.8, 4) is 0 Å². The zero-order valence-corrected chi connectivity index (χ0v) is 8.24.